The summed E-state index contributed by atoms with van der Waals surface area (Å²) in [6.07, 6.45) is 0. The van der Waals surface area contributed by atoms with Gasteiger partial charge in [0.1, 0.15) is 0 Å². The van der Waals surface area contributed by atoms with E-state index >= 15 is 0 Å². The molecule has 2 aliphatic heterocycles. The lowest BCUT2D eigenvalue weighted by atomic mass is 9.70. The minimum Gasteiger partial charge on any atom is -0.453 e. The zero-order valence-corrected chi connectivity index (χ0v) is 31.2. The minimum absolute atomic E-state index is 0.385. The van der Waals surface area contributed by atoms with Crippen LogP contribution in [0.5, 0.6) is 11.5 Å². The van der Waals surface area contributed by atoms with E-state index in [0.717, 1.165) is 39.9 Å². The molecule has 55 heavy (non-hydrogen) atoms. The maximum Gasteiger partial charge on any atom is 0.151 e. The Kier molecular flexibility index (Phi) is 7.71. The van der Waals surface area contributed by atoms with E-state index in [0.29, 0.717) is 0 Å². The van der Waals surface area contributed by atoms with Crippen LogP contribution in [-0.4, -0.2) is 0 Å². The van der Waals surface area contributed by atoms with Crippen LogP contribution in [0.2, 0.25) is 0 Å². The Balaban J connectivity index is 1.22. The Morgan fingerprint density at radius 2 is 1.05 bits per heavy atom. The SMILES string of the molecule is Cc1cccc2c1N1c3ccc(N(c4ccc(-c5ccccc5)cc4)c4ccccc4-c4ccccc4)cc3C(C)(C)c3c(-c4ccccc4)ccc(c31)O2. The van der Waals surface area contributed by atoms with Crippen molar-refractivity contribution in [2.75, 3.05) is 9.80 Å². The van der Waals surface area contributed by atoms with Crippen LogP contribution in [0.3, 0.4) is 0 Å². The zero-order valence-electron chi connectivity index (χ0n) is 31.2. The molecule has 2 heterocycles. The van der Waals surface area contributed by atoms with E-state index in [1.165, 1.54) is 55.8 Å². The molecule has 10 rings (SSSR count). The number of rotatable bonds is 6. The summed E-state index contributed by atoms with van der Waals surface area (Å²) in [5.41, 5.74) is 17.2. The number of anilines is 6. The van der Waals surface area contributed by atoms with Crippen molar-refractivity contribution in [3.05, 3.63) is 205 Å². The van der Waals surface area contributed by atoms with Crippen LogP contribution >= 0.6 is 0 Å². The largest absolute Gasteiger partial charge is 0.453 e. The lowest BCUT2D eigenvalue weighted by Crippen LogP contribution is -2.33. The molecule has 3 nitrogen and oxygen atoms in total. The maximum absolute atomic E-state index is 6.73. The van der Waals surface area contributed by atoms with Gasteiger partial charge in [-0.2, -0.15) is 0 Å². The number of nitrogens with zero attached hydrogens (tertiary/aromatic N) is 2. The predicted molar refractivity (Wildman–Crippen MR) is 229 cm³/mol. The van der Waals surface area contributed by atoms with E-state index in [9.17, 15) is 0 Å². The van der Waals surface area contributed by atoms with E-state index in [4.69, 9.17) is 4.74 Å². The van der Waals surface area contributed by atoms with Crippen molar-refractivity contribution in [3.8, 4) is 44.9 Å². The monoisotopic (exact) mass is 708 g/mol. The van der Waals surface area contributed by atoms with Crippen molar-refractivity contribution in [1.82, 2.24) is 0 Å². The first-order valence-corrected chi connectivity index (χ1v) is 19.0. The normalized spacial score (nSPS) is 13.3. The number of aryl methyl sites for hydroxylation is 1. The van der Waals surface area contributed by atoms with Gasteiger partial charge in [-0.3, -0.25) is 0 Å². The topological polar surface area (TPSA) is 15.7 Å². The van der Waals surface area contributed by atoms with Crippen molar-refractivity contribution in [2.24, 2.45) is 0 Å². The third kappa shape index (κ3) is 5.34. The summed E-state index contributed by atoms with van der Waals surface area (Å²) in [6.45, 7) is 6.93. The Bertz CT molecular complexity index is 2700. The number of benzene rings is 8. The van der Waals surface area contributed by atoms with E-state index in [2.05, 4.69) is 219 Å². The summed E-state index contributed by atoms with van der Waals surface area (Å²) in [4.78, 5) is 4.89. The summed E-state index contributed by atoms with van der Waals surface area (Å²) in [7, 11) is 0. The van der Waals surface area contributed by atoms with Crippen molar-refractivity contribution in [3.63, 3.8) is 0 Å². The average molecular weight is 709 g/mol. The number of hydrogen-bond donors (Lipinski definition) is 0. The summed E-state index contributed by atoms with van der Waals surface area (Å²) in [6, 6.07) is 67.6. The molecule has 0 bridgehead atoms. The number of ether oxygens (including phenoxy) is 1. The molecule has 0 radical (unpaired) electrons. The van der Waals surface area contributed by atoms with Gasteiger partial charge in [0.25, 0.3) is 0 Å². The van der Waals surface area contributed by atoms with Crippen LogP contribution in [0.15, 0.2) is 188 Å². The van der Waals surface area contributed by atoms with Crippen LogP contribution in [0, 0.1) is 6.92 Å². The summed E-state index contributed by atoms with van der Waals surface area (Å²) in [5, 5.41) is 0. The lowest BCUT2D eigenvalue weighted by molar-refractivity contribution is 0.471. The van der Waals surface area contributed by atoms with E-state index in [1.54, 1.807) is 0 Å². The highest BCUT2D eigenvalue weighted by Crippen LogP contribution is 2.63. The van der Waals surface area contributed by atoms with Crippen LogP contribution in [0.25, 0.3) is 33.4 Å². The highest BCUT2D eigenvalue weighted by Gasteiger charge is 2.44. The van der Waals surface area contributed by atoms with Gasteiger partial charge in [-0.1, -0.05) is 153 Å². The molecule has 8 aromatic carbocycles. The van der Waals surface area contributed by atoms with Crippen LogP contribution in [0.1, 0.15) is 30.5 Å². The van der Waals surface area contributed by atoms with Gasteiger partial charge in [-0.05, 0) is 100.0 Å². The second kappa shape index (κ2) is 12.9. The summed E-state index contributed by atoms with van der Waals surface area (Å²) < 4.78 is 6.73. The van der Waals surface area contributed by atoms with Crippen molar-refractivity contribution in [1.29, 1.82) is 0 Å². The Labute approximate surface area is 323 Å². The van der Waals surface area contributed by atoms with Gasteiger partial charge in [0.05, 0.1) is 22.7 Å². The minimum atomic E-state index is -0.385. The molecule has 0 aromatic heterocycles. The van der Waals surface area contributed by atoms with Gasteiger partial charge in [0.15, 0.2) is 11.5 Å². The second-order valence-electron chi connectivity index (χ2n) is 15.0. The van der Waals surface area contributed by atoms with Gasteiger partial charge in [0, 0.05) is 22.4 Å². The van der Waals surface area contributed by atoms with Gasteiger partial charge in [-0.25, -0.2) is 0 Å². The van der Waals surface area contributed by atoms with Crippen molar-refractivity contribution >= 4 is 34.1 Å². The van der Waals surface area contributed by atoms with Crippen LogP contribution in [0.4, 0.5) is 34.1 Å². The molecule has 0 fully saturated rings. The molecule has 264 valence electrons. The van der Waals surface area contributed by atoms with Crippen LogP contribution < -0.4 is 14.5 Å². The molecule has 0 saturated heterocycles. The molecular weight excluding hydrogens is 669 g/mol. The molecule has 8 aromatic rings. The summed E-state index contributed by atoms with van der Waals surface area (Å²) >= 11 is 0. The predicted octanol–water partition coefficient (Wildman–Crippen LogP) is 14.7. The summed E-state index contributed by atoms with van der Waals surface area (Å²) in [5.74, 6) is 1.75. The first-order chi connectivity index (χ1) is 27.0. The molecule has 0 spiro atoms. The average Bonchev–Trinajstić information content (AvgIpc) is 3.24. The Morgan fingerprint density at radius 3 is 1.76 bits per heavy atom. The molecule has 0 atom stereocenters. The van der Waals surface area contributed by atoms with Gasteiger partial charge in [0.2, 0.25) is 0 Å². The highest BCUT2D eigenvalue weighted by atomic mass is 16.5. The molecule has 0 N–H and O–H groups in total. The molecule has 0 aliphatic carbocycles. The smallest absolute Gasteiger partial charge is 0.151 e. The molecule has 0 amide bonds. The first kappa shape index (κ1) is 32.8. The standard InChI is InChI=1S/C52H40N2O/c1-35-16-15-25-47-50(35)54-46-32-30-41(34-44(46)52(2,3)49-43(39-21-11-6-12-22-39)31-33-48(55-47)51(49)54)53(40-28-26-37(27-29-40)36-17-7-4-8-18-36)45-24-14-13-23-42(45)38-19-9-5-10-20-38/h4-34H,1-3H3. The number of fused-ring (bicyclic) bond motifs is 4. The zero-order chi connectivity index (χ0) is 37.1. The fourth-order valence-corrected chi connectivity index (χ4v) is 8.72. The quantitative estimate of drug-likeness (QED) is 0.171. The van der Waals surface area contributed by atoms with Crippen LogP contribution in [-0.2, 0) is 5.41 Å². The van der Waals surface area contributed by atoms with E-state index in [-0.39, 0.29) is 5.41 Å². The lowest BCUT2D eigenvalue weighted by Gasteiger charge is -2.46. The third-order valence-corrected chi connectivity index (χ3v) is 11.3. The first-order valence-electron chi connectivity index (χ1n) is 19.0. The maximum atomic E-state index is 6.73. The van der Waals surface area contributed by atoms with E-state index < -0.39 is 0 Å². The van der Waals surface area contributed by atoms with Gasteiger partial charge in [-0.15, -0.1) is 0 Å². The highest BCUT2D eigenvalue weighted by molar-refractivity contribution is 5.99. The second-order valence-corrected chi connectivity index (χ2v) is 15.0. The molecule has 0 unspecified atom stereocenters. The fourth-order valence-electron chi connectivity index (χ4n) is 8.72. The van der Waals surface area contributed by atoms with Crippen molar-refractivity contribution < 1.29 is 4.74 Å². The van der Waals surface area contributed by atoms with E-state index in [1.807, 2.05) is 0 Å². The molecule has 2 aliphatic rings. The van der Waals surface area contributed by atoms with Crippen molar-refractivity contribution in [2.45, 2.75) is 26.2 Å². The number of hydrogen-bond acceptors (Lipinski definition) is 3. The molecular formula is C52H40N2O. The Hall–Kier alpha value is -6.84. The Morgan fingerprint density at radius 1 is 0.473 bits per heavy atom. The van der Waals surface area contributed by atoms with Gasteiger partial charge >= 0.3 is 0 Å². The van der Waals surface area contributed by atoms with Gasteiger partial charge < -0.3 is 14.5 Å². The fraction of sp³-hybridized carbons (Fsp3) is 0.0769. The molecule has 3 heteroatoms. The number of para-hydroxylation sites is 2. The molecule has 0 saturated carbocycles. The third-order valence-electron chi connectivity index (χ3n) is 11.3.